The number of hydrogen-bond donors (Lipinski definition) is 1. The molecule has 2 heterocycles. The van der Waals surface area contributed by atoms with Crippen molar-refractivity contribution in [2.24, 2.45) is 0 Å². The summed E-state index contributed by atoms with van der Waals surface area (Å²) >= 11 is 0. The number of carbonyl (C=O) groups is 3. The van der Waals surface area contributed by atoms with Crippen LogP contribution < -0.4 is 10.2 Å². The lowest BCUT2D eigenvalue weighted by Crippen LogP contribution is -2.48. The van der Waals surface area contributed by atoms with Crippen LogP contribution in [0.2, 0.25) is 0 Å². The van der Waals surface area contributed by atoms with E-state index in [0.29, 0.717) is 44.0 Å². The molecule has 26 heavy (non-hydrogen) atoms. The van der Waals surface area contributed by atoms with E-state index in [4.69, 9.17) is 4.74 Å². The summed E-state index contributed by atoms with van der Waals surface area (Å²) < 4.78 is 5.25. The van der Waals surface area contributed by atoms with Crippen molar-refractivity contribution in [3.05, 3.63) is 29.8 Å². The summed E-state index contributed by atoms with van der Waals surface area (Å²) in [4.78, 5) is 41.3. The van der Waals surface area contributed by atoms with Crippen molar-refractivity contribution < 1.29 is 19.1 Å². The standard InChI is InChI=1S/C19H25N3O4/c1-2-26-12-6-10-20-17(23)13-22-15-8-4-3-7-14(15)18(24)21-11-5-9-16(21)19(22)25/h3-4,7-8,16H,2,5-6,9-13H2,1H3,(H,20,23)/t16-/m1/s1. The lowest BCUT2D eigenvalue weighted by molar-refractivity contribution is -0.125. The summed E-state index contributed by atoms with van der Waals surface area (Å²) in [6.07, 6.45) is 2.17. The van der Waals surface area contributed by atoms with E-state index in [1.165, 1.54) is 4.90 Å². The van der Waals surface area contributed by atoms with E-state index in [2.05, 4.69) is 5.32 Å². The van der Waals surface area contributed by atoms with Gasteiger partial charge in [0.2, 0.25) is 11.8 Å². The van der Waals surface area contributed by atoms with Gasteiger partial charge in [-0.2, -0.15) is 0 Å². The first kappa shape index (κ1) is 18.4. The molecule has 7 nitrogen and oxygen atoms in total. The summed E-state index contributed by atoms with van der Waals surface area (Å²) in [5.74, 6) is -0.537. The Labute approximate surface area is 153 Å². The number of nitrogens with zero attached hydrogens (tertiary/aromatic N) is 2. The number of hydrogen-bond acceptors (Lipinski definition) is 4. The van der Waals surface area contributed by atoms with Gasteiger partial charge in [0.25, 0.3) is 5.91 Å². The van der Waals surface area contributed by atoms with Crippen molar-refractivity contribution in [2.75, 3.05) is 37.7 Å². The molecule has 1 aromatic carbocycles. The Bertz CT molecular complexity index is 691. The summed E-state index contributed by atoms with van der Waals surface area (Å²) in [5, 5.41) is 2.82. The minimum atomic E-state index is -0.472. The van der Waals surface area contributed by atoms with Crippen LogP contribution in [0.5, 0.6) is 0 Å². The maximum atomic E-state index is 13.0. The molecular weight excluding hydrogens is 334 g/mol. The first-order valence-corrected chi connectivity index (χ1v) is 9.19. The zero-order valence-corrected chi connectivity index (χ0v) is 15.1. The molecule has 3 rings (SSSR count). The number of rotatable bonds is 7. The molecule has 1 fully saturated rings. The third-order valence-electron chi connectivity index (χ3n) is 4.78. The maximum absolute atomic E-state index is 13.0. The molecule has 0 radical (unpaired) electrons. The number of para-hydroxylation sites is 1. The molecule has 0 aliphatic carbocycles. The van der Waals surface area contributed by atoms with Crippen LogP contribution in [0, 0.1) is 0 Å². The van der Waals surface area contributed by atoms with Crippen molar-refractivity contribution in [3.63, 3.8) is 0 Å². The summed E-state index contributed by atoms with van der Waals surface area (Å²) in [6.45, 7) is 4.17. The Hall–Kier alpha value is -2.41. The summed E-state index contributed by atoms with van der Waals surface area (Å²) in [6, 6.07) is 6.54. The van der Waals surface area contributed by atoms with Gasteiger partial charge in [-0.3, -0.25) is 14.4 Å². The molecule has 1 saturated heterocycles. The molecule has 140 valence electrons. The molecule has 3 amide bonds. The second-order valence-corrected chi connectivity index (χ2v) is 6.50. The Morgan fingerprint density at radius 1 is 1.31 bits per heavy atom. The van der Waals surface area contributed by atoms with Crippen molar-refractivity contribution >= 4 is 23.4 Å². The Balaban J connectivity index is 1.74. The lowest BCUT2D eigenvalue weighted by Gasteiger charge is -2.25. The number of carbonyl (C=O) groups excluding carboxylic acids is 3. The molecule has 2 aliphatic rings. The van der Waals surface area contributed by atoms with E-state index in [9.17, 15) is 14.4 Å². The van der Waals surface area contributed by atoms with Crippen LogP contribution in [-0.4, -0.2) is 61.5 Å². The molecule has 1 aromatic rings. The Kier molecular flexibility index (Phi) is 5.88. The highest BCUT2D eigenvalue weighted by molar-refractivity contribution is 6.12. The maximum Gasteiger partial charge on any atom is 0.256 e. The van der Waals surface area contributed by atoms with E-state index in [-0.39, 0.29) is 24.3 Å². The van der Waals surface area contributed by atoms with Crippen molar-refractivity contribution in [2.45, 2.75) is 32.2 Å². The van der Waals surface area contributed by atoms with Crippen LogP contribution in [0.3, 0.4) is 0 Å². The normalized spacial score (nSPS) is 19.2. The van der Waals surface area contributed by atoms with E-state index in [1.54, 1.807) is 29.2 Å². The third-order valence-corrected chi connectivity index (χ3v) is 4.78. The third kappa shape index (κ3) is 3.72. The zero-order valence-electron chi connectivity index (χ0n) is 15.1. The average Bonchev–Trinajstić information content (AvgIpc) is 3.12. The van der Waals surface area contributed by atoms with Gasteiger partial charge in [0.15, 0.2) is 0 Å². The van der Waals surface area contributed by atoms with Crippen LogP contribution in [0.4, 0.5) is 5.69 Å². The number of ether oxygens (including phenoxy) is 1. The van der Waals surface area contributed by atoms with Gasteiger partial charge in [-0.1, -0.05) is 12.1 Å². The second-order valence-electron chi connectivity index (χ2n) is 6.50. The SMILES string of the molecule is CCOCCCNC(=O)CN1C(=O)[C@H]2CCCN2C(=O)c2ccccc21. The van der Waals surface area contributed by atoms with Gasteiger partial charge in [-0.05, 0) is 38.3 Å². The van der Waals surface area contributed by atoms with Crippen LogP contribution in [0.25, 0.3) is 0 Å². The predicted molar refractivity (Wildman–Crippen MR) is 97.0 cm³/mol. The van der Waals surface area contributed by atoms with E-state index in [1.807, 2.05) is 6.92 Å². The lowest BCUT2D eigenvalue weighted by atomic mass is 10.1. The van der Waals surface area contributed by atoms with Gasteiger partial charge >= 0.3 is 0 Å². The fraction of sp³-hybridized carbons (Fsp3) is 0.526. The van der Waals surface area contributed by atoms with E-state index in [0.717, 1.165) is 12.8 Å². The number of amides is 3. The number of fused-ring (bicyclic) bond motifs is 2. The fourth-order valence-electron chi connectivity index (χ4n) is 3.52. The molecule has 1 N–H and O–H groups in total. The summed E-state index contributed by atoms with van der Waals surface area (Å²) in [7, 11) is 0. The smallest absolute Gasteiger partial charge is 0.256 e. The minimum absolute atomic E-state index is 0.0812. The average molecular weight is 359 g/mol. The highest BCUT2D eigenvalue weighted by atomic mass is 16.5. The highest BCUT2D eigenvalue weighted by Crippen LogP contribution is 2.32. The van der Waals surface area contributed by atoms with Crippen molar-refractivity contribution in [3.8, 4) is 0 Å². The molecule has 0 aromatic heterocycles. The van der Waals surface area contributed by atoms with E-state index >= 15 is 0 Å². The van der Waals surface area contributed by atoms with Crippen LogP contribution in [0.15, 0.2) is 24.3 Å². The van der Waals surface area contributed by atoms with Crippen LogP contribution in [0.1, 0.15) is 36.5 Å². The number of anilines is 1. The van der Waals surface area contributed by atoms with Crippen LogP contribution in [-0.2, 0) is 14.3 Å². The topological polar surface area (TPSA) is 79.0 Å². The van der Waals surface area contributed by atoms with Gasteiger partial charge in [0.1, 0.15) is 12.6 Å². The van der Waals surface area contributed by atoms with Crippen molar-refractivity contribution in [1.82, 2.24) is 10.2 Å². The number of benzene rings is 1. The largest absolute Gasteiger partial charge is 0.382 e. The molecule has 0 saturated carbocycles. The number of nitrogens with one attached hydrogen (secondary N) is 1. The van der Waals surface area contributed by atoms with Gasteiger partial charge < -0.3 is 19.9 Å². The quantitative estimate of drug-likeness (QED) is 0.742. The zero-order chi connectivity index (χ0) is 18.5. The first-order valence-electron chi connectivity index (χ1n) is 9.19. The first-order chi connectivity index (χ1) is 12.6. The molecule has 1 atom stereocenters. The van der Waals surface area contributed by atoms with Crippen molar-refractivity contribution in [1.29, 1.82) is 0 Å². The molecular formula is C19H25N3O4. The monoisotopic (exact) mass is 359 g/mol. The Morgan fingerprint density at radius 2 is 2.12 bits per heavy atom. The molecule has 0 unspecified atom stereocenters. The van der Waals surface area contributed by atoms with Gasteiger partial charge in [0, 0.05) is 26.3 Å². The fourth-order valence-corrected chi connectivity index (χ4v) is 3.52. The minimum Gasteiger partial charge on any atom is -0.382 e. The second kappa shape index (κ2) is 8.31. The molecule has 0 spiro atoms. The molecule has 7 heteroatoms. The Morgan fingerprint density at radius 3 is 2.92 bits per heavy atom. The predicted octanol–water partition coefficient (Wildman–Crippen LogP) is 1.18. The van der Waals surface area contributed by atoms with Crippen LogP contribution >= 0.6 is 0 Å². The molecule has 2 aliphatic heterocycles. The van der Waals surface area contributed by atoms with Gasteiger partial charge in [-0.25, -0.2) is 0 Å². The highest BCUT2D eigenvalue weighted by Gasteiger charge is 2.42. The summed E-state index contributed by atoms with van der Waals surface area (Å²) in [5.41, 5.74) is 0.996. The van der Waals surface area contributed by atoms with E-state index < -0.39 is 6.04 Å². The molecule has 0 bridgehead atoms. The van der Waals surface area contributed by atoms with Gasteiger partial charge in [-0.15, -0.1) is 0 Å². The van der Waals surface area contributed by atoms with Gasteiger partial charge in [0.05, 0.1) is 11.3 Å².